The number of likely N-dealkylation sites (tertiary alicyclic amines) is 1. The molecule has 2 aromatic rings. The summed E-state index contributed by atoms with van der Waals surface area (Å²) >= 11 is 0. The van der Waals surface area contributed by atoms with Crippen molar-refractivity contribution in [1.82, 2.24) is 10.2 Å². The summed E-state index contributed by atoms with van der Waals surface area (Å²) in [6.45, 7) is 0. The van der Waals surface area contributed by atoms with Gasteiger partial charge in [0.25, 0.3) is 0 Å². The van der Waals surface area contributed by atoms with Crippen LogP contribution in [0.15, 0.2) is 54.6 Å². The van der Waals surface area contributed by atoms with E-state index in [0.29, 0.717) is 6.42 Å². The Labute approximate surface area is 181 Å². The number of carbonyl (C=O) groups is 3. The zero-order chi connectivity index (χ0) is 21.2. The Morgan fingerprint density at radius 3 is 2.39 bits per heavy atom. The van der Waals surface area contributed by atoms with Crippen LogP contribution in [0.5, 0.6) is 0 Å². The highest BCUT2D eigenvalue weighted by Gasteiger charge is 2.70. The van der Waals surface area contributed by atoms with Crippen LogP contribution in [0, 0.1) is 11.8 Å². The van der Waals surface area contributed by atoms with E-state index in [0.717, 1.165) is 42.5 Å². The highest BCUT2D eigenvalue weighted by molar-refractivity contribution is 6.15. The number of rotatable bonds is 3. The smallest absolute Gasteiger partial charge is 0.250 e. The van der Waals surface area contributed by atoms with Crippen LogP contribution in [0.2, 0.25) is 0 Å². The molecule has 1 aliphatic carbocycles. The zero-order valence-corrected chi connectivity index (χ0v) is 17.2. The normalized spacial score (nSPS) is 32.1. The lowest BCUT2D eigenvalue weighted by atomic mass is 9.76. The molecule has 158 valence electrons. The lowest BCUT2D eigenvalue weighted by Crippen LogP contribution is -2.54. The van der Waals surface area contributed by atoms with E-state index in [9.17, 15) is 14.4 Å². The molecule has 4 aliphatic rings. The minimum Gasteiger partial charge on any atom is -0.324 e. The van der Waals surface area contributed by atoms with Gasteiger partial charge in [-0.15, -0.1) is 0 Å². The number of nitrogens with zero attached hydrogens (tertiary/aromatic N) is 1. The second kappa shape index (κ2) is 6.76. The van der Waals surface area contributed by atoms with E-state index in [4.69, 9.17) is 0 Å². The fourth-order valence-corrected chi connectivity index (χ4v) is 6.35. The fourth-order valence-electron chi connectivity index (χ4n) is 6.35. The minimum atomic E-state index is -1.19. The third-order valence-corrected chi connectivity index (χ3v) is 7.64. The van der Waals surface area contributed by atoms with Gasteiger partial charge in [-0.2, -0.15) is 0 Å². The Kier molecular flexibility index (Phi) is 4.09. The number of hydrogen-bond acceptors (Lipinski definition) is 4. The third kappa shape index (κ3) is 2.51. The molecule has 2 aromatic carbocycles. The van der Waals surface area contributed by atoms with Crippen LogP contribution in [0.1, 0.15) is 36.8 Å². The summed E-state index contributed by atoms with van der Waals surface area (Å²) in [5.41, 5.74) is 1.39. The molecule has 1 spiro atoms. The highest BCUT2D eigenvalue weighted by Crippen LogP contribution is 2.54. The van der Waals surface area contributed by atoms with Crippen LogP contribution < -0.4 is 10.6 Å². The maximum Gasteiger partial charge on any atom is 0.250 e. The molecule has 3 aliphatic heterocycles. The van der Waals surface area contributed by atoms with Gasteiger partial charge in [0.15, 0.2) is 0 Å². The first-order chi connectivity index (χ1) is 15.1. The van der Waals surface area contributed by atoms with E-state index in [1.165, 1.54) is 4.90 Å². The molecular formula is C25H25N3O3. The van der Waals surface area contributed by atoms with Crippen molar-refractivity contribution in [3.63, 3.8) is 0 Å². The molecule has 0 bridgehead atoms. The van der Waals surface area contributed by atoms with Crippen molar-refractivity contribution >= 4 is 23.4 Å². The lowest BCUT2D eigenvalue weighted by Gasteiger charge is -2.31. The monoisotopic (exact) mass is 415 g/mol. The van der Waals surface area contributed by atoms with E-state index in [1.807, 2.05) is 54.6 Å². The number of anilines is 1. The highest BCUT2D eigenvalue weighted by atomic mass is 16.2. The Bertz CT molecular complexity index is 1080. The van der Waals surface area contributed by atoms with Crippen LogP contribution in [-0.2, 0) is 26.3 Å². The van der Waals surface area contributed by atoms with Gasteiger partial charge in [0.05, 0.1) is 11.8 Å². The molecular weight excluding hydrogens is 390 g/mol. The predicted octanol–water partition coefficient (Wildman–Crippen LogP) is 2.59. The minimum absolute atomic E-state index is 0.0280. The average molecular weight is 415 g/mol. The molecule has 6 rings (SSSR count). The maximum absolute atomic E-state index is 13.8. The van der Waals surface area contributed by atoms with Crippen molar-refractivity contribution in [2.24, 2.45) is 11.8 Å². The topological polar surface area (TPSA) is 78.5 Å². The second-order valence-electron chi connectivity index (χ2n) is 9.24. The van der Waals surface area contributed by atoms with Crippen LogP contribution in [0.3, 0.4) is 0 Å². The summed E-state index contributed by atoms with van der Waals surface area (Å²) in [4.78, 5) is 42.4. The first kappa shape index (κ1) is 18.8. The summed E-state index contributed by atoms with van der Waals surface area (Å²) in [5, 5.41) is 6.48. The number of hydrogen-bond donors (Lipinski definition) is 2. The van der Waals surface area contributed by atoms with Crippen molar-refractivity contribution in [3.8, 4) is 0 Å². The standard InChI is InChI=1S/C25H25N3O3/c29-22-20-19(14-15-8-2-1-3-9-15)27-25(17-12-6-7-13-18(17)26-24(25)31)21(20)23(30)28(22)16-10-4-5-11-16/h1-3,6-9,12-13,16,19-21,27H,4-5,10-11,14H2,(H,26,31). The number of carbonyl (C=O) groups excluding carboxylic acids is 3. The van der Waals surface area contributed by atoms with Crippen LogP contribution in [-0.4, -0.2) is 34.7 Å². The van der Waals surface area contributed by atoms with Gasteiger partial charge in [-0.25, -0.2) is 0 Å². The quantitative estimate of drug-likeness (QED) is 0.756. The van der Waals surface area contributed by atoms with Gasteiger partial charge in [0, 0.05) is 23.3 Å². The van der Waals surface area contributed by atoms with Crippen molar-refractivity contribution in [3.05, 3.63) is 65.7 Å². The molecule has 4 unspecified atom stereocenters. The number of para-hydroxylation sites is 1. The van der Waals surface area contributed by atoms with Gasteiger partial charge >= 0.3 is 0 Å². The first-order valence-corrected chi connectivity index (χ1v) is 11.2. The van der Waals surface area contributed by atoms with Crippen molar-refractivity contribution in [2.45, 2.75) is 49.7 Å². The molecule has 3 fully saturated rings. The number of imide groups is 1. The Morgan fingerprint density at radius 1 is 0.903 bits per heavy atom. The SMILES string of the molecule is O=C1C2C(Cc3ccccc3)NC3(C(=O)Nc4ccccc43)C2C(=O)N1C1CCCC1. The number of amides is 3. The van der Waals surface area contributed by atoms with Gasteiger partial charge in [-0.05, 0) is 30.9 Å². The van der Waals surface area contributed by atoms with Crippen LogP contribution in [0.25, 0.3) is 0 Å². The first-order valence-electron chi connectivity index (χ1n) is 11.2. The summed E-state index contributed by atoms with van der Waals surface area (Å²) in [5.74, 6) is -1.77. The average Bonchev–Trinajstić information content (AvgIpc) is 3.52. The largest absolute Gasteiger partial charge is 0.324 e. The molecule has 3 heterocycles. The molecule has 1 saturated carbocycles. The van der Waals surface area contributed by atoms with Gasteiger partial charge in [-0.3, -0.25) is 24.6 Å². The van der Waals surface area contributed by atoms with E-state index in [2.05, 4.69) is 10.6 Å². The Morgan fingerprint density at radius 2 is 1.61 bits per heavy atom. The Balaban J connectivity index is 1.47. The predicted molar refractivity (Wildman–Crippen MR) is 115 cm³/mol. The summed E-state index contributed by atoms with van der Waals surface area (Å²) in [6.07, 6.45) is 4.40. The van der Waals surface area contributed by atoms with Crippen molar-refractivity contribution < 1.29 is 14.4 Å². The molecule has 0 radical (unpaired) electrons. The van der Waals surface area contributed by atoms with E-state index >= 15 is 0 Å². The molecule has 0 aromatic heterocycles. The van der Waals surface area contributed by atoms with Gasteiger partial charge in [-0.1, -0.05) is 61.4 Å². The summed E-state index contributed by atoms with van der Waals surface area (Å²) in [7, 11) is 0. The summed E-state index contributed by atoms with van der Waals surface area (Å²) < 4.78 is 0. The van der Waals surface area contributed by atoms with Gasteiger partial charge in [0.1, 0.15) is 5.54 Å². The molecule has 6 heteroatoms. The third-order valence-electron chi connectivity index (χ3n) is 7.64. The number of nitrogens with one attached hydrogen (secondary N) is 2. The lowest BCUT2D eigenvalue weighted by molar-refractivity contribution is -0.145. The molecule has 6 nitrogen and oxygen atoms in total. The number of benzene rings is 2. The van der Waals surface area contributed by atoms with Crippen molar-refractivity contribution in [1.29, 1.82) is 0 Å². The van der Waals surface area contributed by atoms with E-state index in [-0.39, 0.29) is 29.8 Å². The van der Waals surface area contributed by atoms with Crippen LogP contribution >= 0.6 is 0 Å². The Hall–Kier alpha value is -2.99. The number of fused-ring (bicyclic) bond motifs is 4. The molecule has 4 atom stereocenters. The molecule has 2 saturated heterocycles. The fraction of sp³-hybridized carbons (Fsp3) is 0.400. The van der Waals surface area contributed by atoms with Crippen LogP contribution in [0.4, 0.5) is 5.69 Å². The molecule has 2 N–H and O–H groups in total. The maximum atomic E-state index is 13.8. The second-order valence-corrected chi connectivity index (χ2v) is 9.24. The summed E-state index contributed by atoms with van der Waals surface area (Å²) in [6, 6.07) is 17.2. The molecule has 3 amide bonds. The van der Waals surface area contributed by atoms with E-state index in [1.54, 1.807) is 0 Å². The van der Waals surface area contributed by atoms with E-state index < -0.39 is 17.4 Å². The zero-order valence-electron chi connectivity index (χ0n) is 17.2. The van der Waals surface area contributed by atoms with Crippen molar-refractivity contribution in [2.75, 3.05) is 5.32 Å². The van der Waals surface area contributed by atoms with Gasteiger partial charge < -0.3 is 5.32 Å². The molecule has 31 heavy (non-hydrogen) atoms. The van der Waals surface area contributed by atoms with Gasteiger partial charge in [0.2, 0.25) is 17.7 Å².